The quantitative estimate of drug-likeness (QED) is 0.678. The van der Waals surface area contributed by atoms with E-state index in [4.69, 9.17) is 4.74 Å². The molecule has 0 saturated carbocycles. The number of ether oxygens (including phenoxy) is 1. The first kappa shape index (κ1) is 19.6. The molecule has 3 aromatic rings. The highest BCUT2D eigenvalue weighted by Gasteiger charge is 2.27. The molecule has 0 spiro atoms. The molecule has 8 nitrogen and oxygen atoms in total. The second-order valence-corrected chi connectivity index (χ2v) is 7.05. The molecule has 8 heteroatoms. The Hall–Kier alpha value is -3.68. The van der Waals surface area contributed by atoms with Gasteiger partial charge < -0.3 is 15.0 Å². The lowest BCUT2D eigenvalue weighted by Gasteiger charge is -2.17. The van der Waals surface area contributed by atoms with Gasteiger partial charge in [0.25, 0.3) is 11.5 Å². The number of nitrogens with zero attached hydrogens (tertiary/aromatic N) is 4. The summed E-state index contributed by atoms with van der Waals surface area (Å²) in [6.45, 7) is 5.87. The summed E-state index contributed by atoms with van der Waals surface area (Å²) in [4.78, 5) is 27.2. The fourth-order valence-corrected chi connectivity index (χ4v) is 3.36. The number of carbonyl (C=O) groups excluding carboxylic acids is 1. The summed E-state index contributed by atoms with van der Waals surface area (Å²) < 4.78 is 6.96. The van der Waals surface area contributed by atoms with E-state index >= 15 is 0 Å². The van der Waals surface area contributed by atoms with E-state index in [0.717, 1.165) is 22.6 Å². The van der Waals surface area contributed by atoms with Crippen molar-refractivity contribution < 1.29 is 9.53 Å². The SMILES string of the molecule is CCOc1ccc(N2CCn3c2nnc(C(=O)NCc2ccc(C)cc2)c3=O)cc1. The molecule has 0 unspecified atom stereocenters. The first-order valence-electron chi connectivity index (χ1n) is 9.88. The van der Waals surface area contributed by atoms with Crippen LogP contribution in [0.4, 0.5) is 11.6 Å². The number of nitrogens with one attached hydrogen (secondary N) is 1. The maximum Gasteiger partial charge on any atom is 0.286 e. The normalized spacial score (nSPS) is 12.5. The van der Waals surface area contributed by atoms with Gasteiger partial charge in [-0.25, -0.2) is 0 Å². The van der Waals surface area contributed by atoms with Gasteiger partial charge in [-0.3, -0.25) is 14.2 Å². The van der Waals surface area contributed by atoms with Crippen LogP contribution in [0, 0.1) is 6.92 Å². The van der Waals surface area contributed by atoms with Crippen molar-refractivity contribution in [3.63, 3.8) is 0 Å². The number of benzene rings is 2. The topological polar surface area (TPSA) is 89.3 Å². The molecule has 0 saturated heterocycles. The van der Waals surface area contributed by atoms with E-state index in [9.17, 15) is 9.59 Å². The Bertz CT molecular complexity index is 1110. The molecule has 0 aliphatic carbocycles. The molecular formula is C22H23N5O3. The summed E-state index contributed by atoms with van der Waals surface area (Å²) >= 11 is 0. The maximum atomic E-state index is 12.8. The van der Waals surface area contributed by atoms with Crippen LogP contribution in [0.15, 0.2) is 53.3 Å². The molecule has 1 aliphatic heterocycles. The summed E-state index contributed by atoms with van der Waals surface area (Å²) in [7, 11) is 0. The van der Waals surface area contributed by atoms with Gasteiger partial charge in [-0.2, -0.15) is 0 Å². The fourth-order valence-electron chi connectivity index (χ4n) is 3.36. The van der Waals surface area contributed by atoms with E-state index in [-0.39, 0.29) is 5.69 Å². The highest BCUT2D eigenvalue weighted by molar-refractivity contribution is 5.91. The van der Waals surface area contributed by atoms with Gasteiger partial charge in [0.1, 0.15) is 5.75 Å². The van der Waals surface area contributed by atoms with Crippen LogP contribution >= 0.6 is 0 Å². The van der Waals surface area contributed by atoms with Crippen molar-refractivity contribution in [2.45, 2.75) is 26.9 Å². The van der Waals surface area contributed by atoms with Gasteiger partial charge in [-0.05, 0) is 43.7 Å². The van der Waals surface area contributed by atoms with E-state index in [2.05, 4.69) is 15.5 Å². The summed E-state index contributed by atoms with van der Waals surface area (Å²) in [5, 5.41) is 10.9. The Labute approximate surface area is 174 Å². The molecule has 1 amide bonds. The third kappa shape index (κ3) is 3.89. The average Bonchev–Trinajstić information content (AvgIpc) is 3.19. The number of carbonyl (C=O) groups is 1. The number of hydrogen-bond acceptors (Lipinski definition) is 6. The van der Waals surface area contributed by atoms with Crippen LogP contribution in [0.25, 0.3) is 0 Å². The van der Waals surface area contributed by atoms with E-state index < -0.39 is 11.5 Å². The fraction of sp³-hybridized carbons (Fsp3) is 0.273. The molecule has 0 radical (unpaired) electrons. The summed E-state index contributed by atoms with van der Waals surface area (Å²) in [6, 6.07) is 15.4. The molecule has 0 fully saturated rings. The number of aryl methyl sites for hydroxylation is 1. The molecule has 1 N–H and O–H groups in total. The molecule has 4 rings (SSSR count). The smallest absolute Gasteiger partial charge is 0.286 e. The summed E-state index contributed by atoms with van der Waals surface area (Å²) in [6.07, 6.45) is 0. The lowest BCUT2D eigenvalue weighted by molar-refractivity contribution is 0.0942. The zero-order valence-electron chi connectivity index (χ0n) is 17.0. The van der Waals surface area contributed by atoms with Gasteiger partial charge in [-0.15, -0.1) is 10.2 Å². The van der Waals surface area contributed by atoms with Crippen LogP contribution in [0.5, 0.6) is 5.75 Å². The number of rotatable bonds is 6. The van der Waals surface area contributed by atoms with E-state index in [1.165, 1.54) is 4.57 Å². The third-order valence-electron chi connectivity index (χ3n) is 4.97. The van der Waals surface area contributed by atoms with Gasteiger partial charge in [-0.1, -0.05) is 29.8 Å². The minimum atomic E-state index is -0.525. The van der Waals surface area contributed by atoms with Crippen molar-refractivity contribution in [2.75, 3.05) is 18.1 Å². The zero-order valence-corrected chi connectivity index (χ0v) is 17.0. The lowest BCUT2D eigenvalue weighted by atomic mass is 10.1. The van der Waals surface area contributed by atoms with Crippen LogP contribution < -0.4 is 20.5 Å². The molecule has 0 atom stereocenters. The van der Waals surface area contributed by atoms with E-state index in [1.54, 1.807) is 0 Å². The largest absolute Gasteiger partial charge is 0.494 e. The van der Waals surface area contributed by atoms with Gasteiger partial charge >= 0.3 is 0 Å². The minimum absolute atomic E-state index is 0.195. The first-order chi connectivity index (χ1) is 14.6. The Morgan fingerprint density at radius 1 is 1.07 bits per heavy atom. The van der Waals surface area contributed by atoms with Crippen LogP contribution in [0.1, 0.15) is 28.5 Å². The Morgan fingerprint density at radius 3 is 2.50 bits per heavy atom. The monoisotopic (exact) mass is 405 g/mol. The molecule has 1 aliphatic rings. The van der Waals surface area contributed by atoms with Crippen LogP contribution in [0.3, 0.4) is 0 Å². The van der Waals surface area contributed by atoms with Crippen LogP contribution in [0.2, 0.25) is 0 Å². The summed E-state index contributed by atoms with van der Waals surface area (Å²) in [5.41, 5.74) is 2.35. The Kier molecular flexibility index (Phi) is 5.47. The predicted molar refractivity (Wildman–Crippen MR) is 113 cm³/mol. The highest BCUT2D eigenvalue weighted by atomic mass is 16.5. The zero-order chi connectivity index (χ0) is 21.1. The molecule has 2 aromatic carbocycles. The van der Waals surface area contributed by atoms with Crippen molar-refractivity contribution in [3.8, 4) is 5.75 Å². The van der Waals surface area contributed by atoms with Crippen molar-refractivity contribution in [1.29, 1.82) is 0 Å². The number of hydrogen-bond donors (Lipinski definition) is 1. The van der Waals surface area contributed by atoms with Gasteiger partial charge in [0.15, 0.2) is 0 Å². The van der Waals surface area contributed by atoms with Crippen molar-refractivity contribution >= 4 is 17.5 Å². The van der Waals surface area contributed by atoms with Crippen molar-refractivity contribution in [2.24, 2.45) is 0 Å². The van der Waals surface area contributed by atoms with Gasteiger partial charge in [0, 0.05) is 25.3 Å². The Morgan fingerprint density at radius 2 is 1.80 bits per heavy atom. The van der Waals surface area contributed by atoms with Crippen molar-refractivity contribution in [3.05, 3.63) is 75.7 Å². The van der Waals surface area contributed by atoms with Gasteiger partial charge in [0.05, 0.1) is 6.61 Å². The highest BCUT2D eigenvalue weighted by Crippen LogP contribution is 2.28. The molecule has 30 heavy (non-hydrogen) atoms. The van der Waals surface area contributed by atoms with Crippen LogP contribution in [-0.2, 0) is 13.1 Å². The second kappa shape index (κ2) is 8.36. The van der Waals surface area contributed by atoms with E-state index in [0.29, 0.717) is 32.2 Å². The number of fused-ring (bicyclic) bond motifs is 1. The minimum Gasteiger partial charge on any atom is -0.494 e. The average molecular weight is 405 g/mol. The van der Waals surface area contributed by atoms with Crippen molar-refractivity contribution in [1.82, 2.24) is 20.1 Å². The Balaban J connectivity index is 1.51. The lowest BCUT2D eigenvalue weighted by Crippen LogP contribution is -2.34. The number of aromatic nitrogens is 3. The predicted octanol–water partition coefficient (Wildman–Crippen LogP) is 2.43. The first-order valence-corrected chi connectivity index (χ1v) is 9.88. The maximum absolute atomic E-state index is 12.8. The standard InChI is InChI=1S/C22H23N5O3/c1-3-30-18-10-8-17(9-11-18)26-12-13-27-21(29)19(24-25-22(26)27)20(28)23-14-16-6-4-15(2)5-7-16/h4-11H,3,12-14H2,1-2H3,(H,23,28). The summed E-state index contributed by atoms with van der Waals surface area (Å²) in [5.74, 6) is 0.687. The number of amides is 1. The number of anilines is 2. The second-order valence-electron chi connectivity index (χ2n) is 7.05. The molecule has 154 valence electrons. The molecule has 0 bridgehead atoms. The molecule has 1 aromatic heterocycles. The van der Waals surface area contributed by atoms with Gasteiger partial charge in [0.2, 0.25) is 11.6 Å². The van der Waals surface area contributed by atoms with Crippen LogP contribution in [-0.4, -0.2) is 33.8 Å². The molecule has 2 heterocycles. The third-order valence-corrected chi connectivity index (χ3v) is 4.97. The van der Waals surface area contributed by atoms with E-state index in [1.807, 2.05) is 67.3 Å². The molecular weight excluding hydrogens is 382 g/mol.